The molecule has 4 rings (SSSR count). The Bertz CT molecular complexity index is 1210. The average molecular weight is 389 g/mol. The largest absolute Gasteiger partial charge is 0.497 e. The van der Waals surface area contributed by atoms with E-state index >= 15 is 0 Å². The van der Waals surface area contributed by atoms with E-state index in [1.807, 2.05) is 61.9 Å². The number of aryl methyl sites for hydroxylation is 1. The van der Waals surface area contributed by atoms with Crippen molar-refractivity contribution in [3.8, 4) is 5.75 Å². The van der Waals surface area contributed by atoms with Gasteiger partial charge in [-0.3, -0.25) is 0 Å². The second kappa shape index (κ2) is 7.54. The van der Waals surface area contributed by atoms with Crippen LogP contribution in [-0.2, 0) is 11.3 Å². The predicted octanol–water partition coefficient (Wildman–Crippen LogP) is 4.84. The van der Waals surface area contributed by atoms with Gasteiger partial charge >= 0.3 is 5.97 Å². The zero-order valence-electron chi connectivity index (χ0n) is 17.0. The lowest BCUT2D eigenvalue weighted by Crippen LogP contribution is -2.10. The molecule has 0 N–H and O–H groups in total. The van der Waals surface area contributed by atoms with E-state index in [0.717, 1.165) is 33.1 Å². The van der Waals surface area contributed by atoms with E-state index in [4.69, 9.17) is 9.47 Å². The highest BCUT2D eigenvalue weighted by molar-refractivity contribution is 5.94. The average Bonchev–Trinajstić information content (AvgIpc) is 3.13. The molecule has 0 amide bonds. The normalized spacial score (nSPS) is 11.3. The lowest BCUT2D eigenvalue weighted by atomic mass is 10.1. The van der Waals surface area contributed by atoms with Crippen LogP contribution in [-0.4, -0.2) is 27.8 Å². The molecule has 6 heteroatoms. The number of hydrogen-bond acceptors (Lipinski definition) is 5. The Kier molecular flexibility index (Phi) is 4.92. The maximum absolute atomic E-state index is 12.7. The number of ether oxygens (including phenoxy) is 2. The molecule has 2 aromatic heterocycles. The summed E-state index contributed by atoms with van der Waals surface area (Å²) >= 11 is 0. The van der Waals surface area contributed by atoms with Crippen LogP contribution in [0, 0.1) is 6.92 Å². The Morgan fingerprint density at radius 2 is 1.83 bits per heavy atom. The number of nitrogens with zero attached hydrogens (tertiary/aromatic N) is 3. The van der Waals surface area contributed by atoms with Crippen molar-refractivity contribution >= 4 is 27.8 Å². The molecule has 0 aliphatic carbocycles. The van der Waals surface area contributed by atoms with Crippen molar-refractivity contribution in [3.63, 3.8) is 0 Å². The fraction of sp³-hybridized carbons (Fsp3) is 0.261. The summed E-state index contributed by atoms with van der Waals surface area (Å²) in [5.41, 5.74) is 2.80. The molecule has 2 aromatic carbocycles. The van der Waals surface area contributed by atoms with Crippen molar-refractivity contribution in [1.82, 2.24) is 14.8 Å². The minimum absolute atomic E-state index is 0.198. The fourth-order valence-electron chi connectivity index (χ4n) is 3.37. The van der Waals surface area contributed by atoms with Crippen LogP contribution in [0.15, 0.2) is 48.7 Å². The van der Waals surface area contributed by atoms with E-state index in [1.165, 1.54) is 0 Å². The maximum atomic E-state index is 12.7. The van der Waals surface area contributed by atoms with Crippen molar-refractivity contribution in [3.05, 3.63) is 65.5 Å². The zero-order chi connectivity index (χ0) is 20.5. The number of carbonyl (C=O) groups is 1. The van der Waals surface area contributed by atoms with Gasteiger partial charge in [-0.25, -0.2) is 14.5 Å². The number of esters is 1. The van der Waals surface area contributed by atoms with Gasteiger partial charge in [-0.15, -0.1) is 0 Å². The third kappa shape index (κ3) is 3.66. The van der Waals surface area contributed by atoms with E-state index in [0.29, 0.717) is 11.3 Å². The Morgan fingerprint density at radius 1 is 1.07 bits per heavy atom. The Morgan fingerprint density at radius 3 is 2.59 bits per heavy atom. The van der Waals surface area contributed by atoms with Gasteiger partial charge in [0.05, 0.1) is 24.6 Å². The van der Waals surface area contributed by atoms with Crippen LogP contribution in [0.3, 0.4) is 0 Å². The third-order valence-electron chi connectivity index (χ3n) is 4.95. The molecule has 0 aliphatic heterocycles. The first kappa shape index (κ1) is 18.9. The predicted molar refractivity (Wildman–Crippen MR) is 112 cm³/mol. The van der Waals surface area contributed by atoms with Crippen LogP contribution in [0.2, 0.25) is 0 Å². The molecule has 0 aliphatic rings. The monoisotopic (exact) mass is 389 g/mol. The van der Waals surface area contributed by atoms with Gasteiger partial charge in [0.2, 0.25) is 0 Å². The van der Waals surface area contributed by atoms with Crippen molar-refractivity contribution in [1.29, 1.82) is 0 Å². The summed E-state index contributed by atoms with van der Waals surface area (Å²) in [6, 6.07) is 13.9. The lowest BCUT2D eigenvalue weighted by Gasteiger charge is -2.10. The number of hydrogen-bond donors (Lipinski definition) is 0. The molecule has 2 heterocycles. The summed E-state index contributed by atoms with van der Waals surface area (Å²) in [6.07, 6.45) is 1.73. The number of methoxy groups -OCH3 is 1. The highest BCUT2D eigenvalue weighted by atomic mass is 16.5. The molecular weight excluding hydrogens is 366 g/mol. The quantitative estimate of drug-likeness (QED) is 0.457. The van der Waals surface area contributed by atoms with E-state index in [9.17, 15) is 4.79 Å². The molecule has 0 atom stereocenters. The summed E-state index contributed by atoms with van der Waals surface area (Å²) in [6.45, 7) is 6.11. The van der Waals surface area contributed by atoms with Crippen LogP contribution in [0.1, 0.15) is 41.5 Å². The topological polar surface area (TPSA) is 66.2 Å². The zero-order valence-corrected chi connectivity index (χ0v) is 17.0. The highest BCUT2D eigenvalue weighted by Crippen LogP contribution is 2.23. The van der Waals surface area contributed by atoms with E-state index in [-0.39, 0.29) is 18.6 Å². The molecule has 0 saturated heterocycles. The molecule has 0 fully saturated rings. The highest BCUT2D eigenvalue weighted by Gasteiger charge is 2.16. The van der Waals surface area contributed by atoms with Gasteiger partial charge in [0.1, 0.15) is 12.4 Å². The van der Waals surface area contributed by atoms with Crippen LogP contribution in [0.25, 0.3) is 21.8 Å². The number of pyridine rings is 1. The summed E-state index contributed by atoms with van der Waals surface area (Å²) < 4.78 is 12.7. The molecule has 148 valence electrons. The van der Waals surface area contributed by atoms with Gasteiger partial charge in [-0.2, -0.15) is 5.10 Å². The summed E-state index contributed by atoms with van der Waals surface area (Å²) in [5, 5.41) is 7.34. The maximum Gasteiger partial charge on any atom is 0.340 e. The van der Waals surface area contributed by atoms with Crippen LogP contribution in [0.5, 0.6) is 5.75 Å². The summed E-state index contributed by atoms with van der Waals surface area (Å²) in [4.78, 5) is 17.2. The first-order chi connectivity index (χ1) is 14.0. The van der Waals surface area contributed by atoms with Crippen molar-refractivity contribution in [2.45, 2.75) is 33.4 Å². The van der Waals surface area contributed by atoms with Crippen LogP contribution in [0.4, 0.5) is 0 Å². The second-order valence-corrected chi connectivity index (χ2v) is 7.34. The third-order valence-corrected chi connectivity index (χ3v) is 4.95. The number of fused-ring (bicyclic) bond motifs is 2. The number of rotatable bonds is 5. The number of aromatic nitrogens is 3. The molecule has 4 aromatic rings. The standard InChI is InChI=1S/C23H23N3O3/c1-14(2)26-22-19(12-24-26)11-21(15(3)25-22)23(27)29-13-16-5-6-18-10-20(28-4)8-7-17(18)9-16/h5-12,14H,13H2,1-4H3. The van der Waals surface area contributed by atoms with E-state index in [2.05, 4.69) is 10.1 Å². The first-order valence-corrected chi connectivity index (χ1v) is 9.55. The smallest absolute Gasteiger partial charge is 0.340 e. The second-order valence-electron chi connectivity index (χ2n) is 7.34. The minimum Gasteiger partial charge on any atom is -0.497 e. The van der Waals surface area contributed by atoms with Gasteiger partial charge < -0.3 is 9.47 Å². The minimum atomic E-state index is -0.385. The lowest BCUT2D eigenvalue weighted by molar-refractivity contribution is 0.0471. The van der Waals surface area contributed by atoms with Crippen molar-refractivity contribution in [2.75, 3.05) is 7.11 Å². The molecule has 0 unspecified atom stereocenters. The van der Waals surface area contributed by atoms with Gasteiger partial charge in [0, 0.05) is 11.4 Å². The first-order valence-electron chi connectivity index (χ1n) is 9.55. The molecule has 0 radical (unpaired) electrons. The van der Waals surface area contributed by atoms with Gasteiger partial charge in [0.15, 0.2) is 5.65 Å². The molecular formula is C23H23N3O3. The van der Waals surface area contributed by atoms with Crippen molar-refractivity contribution in [2.24, 2.45) is 0 Å². The Labute approximate surface area is 169 Å². The van der Waals surface area contributed by atoms with Gasteiger partial charge in [-0.05, 0) is 61.4 Å². The molecule has 6 nitrogen and oxygen atoms in total. The van der Waals surface area contributed by atoms with E-state index < -0.39 is 0 Å². The van der Waals surface area contributed by atoms with Crippen LogP contribution < -0.4 is 4.74 Å². The Balaban J connectivity index is 1.53. The molecule has 0 bridgehead atoms. The van der Waals surface area contributed by atoms with Gasteiger partial charge in [-0.1, -0.05) is 18.2 Å². The summed E-state index contributed by atoms with van der Waals surface area (Å²) in [5.74, 6) is 0.430. The van der Waals surface area contributed by atoms with E-state index in [1.54, 1.807) is 19.4 Å². The molecule has 0 saturated carbocycles. The SMILES string of the molecule is COc1ccc2cc(COC(=O)c3cc4cnn(C(C)C)c4nc3C)ccc2c1. The Hall–Kier alpha value is -3.41. The van der Waals surface area contributed by atoms with Gasteiger partial charge in [0.25, 0.3) is 0 Å². The molecule has 29 heavy (non-hydrogen) atoms. The molecule has 0 spiro atoms. The fourth-order valence-corrected chi connectivity index (χ4v) is 3.37. The number of benzene rings is 2. The van der Waals surface area contributed by atoms with Crippen LogP contribution >= 0.6 is 0 Å². The number of carbonyl (C=O) groups excluding carboxylic acids is 1. The van der Waals surface area contributed by atoms with Crippen molar-refractivity contribution < 1.29 is 14.3 Å². The summed E-state index contributed by atoms with van der Waals surface area (Å²) in [7, 11) is 1.65.